The summed E-state index contributed by atoms with van der Waals surface area (Å²) in [6.45, 7) is 5.20. The van der Waals surface area contributed by atoms with Crippen molar-refractivity contribution >= 4 is 5.91 Å². The molecule has 0 unspecified atom stereocenters. The van der Waals surface area contributed by atoms with Crippen LogP contribution < -0.4 is 5.32 Å². The number of fused-ring (bicyclic) bond motifs is 5. The Kier molecular flexibility index (Phi) is 4.87. The average molecular weight is 392 g/mol. The summed E-state index contributed by atoms with van der Waals surface area (Å²) in [7, 11) is 0. The van der Waals surface area contributed by atoms with E-state index in [-0.39, 0.29) is 5.91 Å². The molecule has 1 N–H and O–H groups in total. The van der Waals surface area contributed by atoms with Crippen molar-refractivity contribution in [1.82, 2.24) is 5.32 Å². The Bertz CT molecular complexity index is 798. The number of allylic oxidation sites excluding steroid dienone is 1. The van der Waals surface area contributed by atoms with E-state index < -0.39 is 0 Å². The third-order valence-corrected chi connectivity index (χ3v) is 9.66. The van der Waals surface area contributed by atoms with Crippen LogP contribution in [0.1, 0.15) is 88.4 Å². The first-order valence-electron chi connectivity index (χ1n) is 12.0. The first-order chi connectivity index (χ1) is 14.0. The fraction of sp³-hybridized carbons (Fsp3) is 0.667. The molecule has 0 spiro atoms. The molecular weight excluding hydrogens is 354 g/mol. The number of carbonyl (C=O) groups excluding carboxylic acids is 1. The van der Waals surface area contributed by atoms with Gasteiger partial charge in [-0.2, -0.15) is 0 Å². The minimum atomic E-state index is 0.0197. The molecule has 2 nitrogen and oxygen atoms in total. The second kappa shape index (κ2) is 7.29. The molecule has 1 aromatic rings. The molecule has 4 aliphatic carbocycles. The van der Waals surface area contributed by atoms with Crippen molar-refractivity contribution in [3.8, 4) is 0 Å². The molecule has 1 amide bonds. The lowest BCUT2D eigenvalue weighted by Gasteiger charge is -2.59. The van der Waals surface area contributed by atoms with Gasteiger partial charge < -0.3 is 5.32 Å². The van der Waals surface area contributed by atoms with Crippen LogP contribution in [0.5, 0.6) is 0 Å². The van der Waals surface area contributed by atoms with Crippen molar-refractivity contribution in [2.75, 3.05) is 0 Å². The molecule has 29 heavy (non-hydrogen) atoms. The summed E-state index contributed by atoms with van der Waals surface area (Å²) in [6, 6.07) is 9.58. The van der Waals surface area contributed by atoms with Gasteiger partial charge in [-0.15, -0.1) is 0 Å². The Hall–Kier alpha value is -1.57. The number of hydrogen-bond acceptors (Lipinski definition) is 1. The van der Waals surface area contributed by atoms with Crippen LogP contribution in [0.15, 0.2) is 42.1 Å². The lowest BCUT2D eigenvalue weighted by Crippen LogP contribution is -2.51. The van der Waals surface area contributed by atoms with Crippen LogP contribution in [-0.2, 0) is 0 Å². The van der Waals surface area contributed by atoms with Crippen LogP contribution in [0, 0.1) is 34.5 Å². The van der Waals surface area contributed by atoms with Gasteiger partial charge in [0.2, 0.25) is 0 Å². The summed E-state index contributed by atoms with van der Waals surface area (Å²) >= 11 is 0. The molecule has 0 aliphatic heterocycles. The summed E-state index contributed by atoms with van der Waals surface area (Å²) in [5.74, 6) is 3.68. The second-order valence-corrected chi connectivity index (χ2v) is 11.1. The Morgan fingerprint density at radius 3 is 2.66 bits per heavy atom. The van der Waals surface area contributed by atoms with E-state index in [1.807, 2.05) is 30.3 Å². The number of benzene rings is 1. The molecule has 2 heteroatoms. The van der Waals surface area contributed by atoms with Crippen LogP contribution in [0.3, 0.4) is 0 Å². The molecule has 5 rings (SSSR count). The van der Waals surface area contributed by atoms with Gasteiger partial charge in [0.1, 0.15) is 0 Å². The Morgan fingerprint density at radius 2 is 1.83 bits per heavy atom. The van der Waals surface area contributed by atoms with Gasteiger partial charge in [-0.3, -0.25) is 4.79 Å². The van der Waals surface area contributed by atoms with Gasteiger partial charge in [0.15, 0.2) is 0 Å². The summed E-state index contributed by atoms with van der Waals surface area (Å²) in [5.41, 5.74) is 3.27. The van der Waals surface area contributed by atoms with Crippen molar-refractivity contribution < 1.29 is 4.79 Å². The van der Waals surface area contributed by atoms with E-state index in [4.69, 9.17) is 0 Å². The number of hydrogen-bond donors (Lipinski definition) is 1. The molecule has 0 aromatic heterocycles. The largest absolute Gasteiger partial charge is 0.329 e. The van der Waals surface area contributed by atoms with Crippen LogP contribution in [0.2, 0.25) is 0 Å². The monoisotopic (exact) mass is 391 g/mol. The third kappa shape index (κ3) is 3.27. The van der Waals surface area contributed by atoms with Gasteiger partial charge >= 0.3 is 0 Å². The van der Waals surface area contributed by atoms with Crippen molar-refractivity contribution in [3.63, 3.8) is 0 Å². The lowest BCUT2D eigenvalue weighted by atomic mass is 9.45. The summed E-state index contributed by atoms with van der Waals surface area (Å²) in [4.78, 5) is 12.5. The average Bonchev–Trinajstić information content (AvgIpc) is 3.09. The van der Waals surface area contributed by atoms with Crippen molar-refractivity contribution in [2.24, 2.45) is 34.5 Å². The van der Waals surface area contributed by atoms with Gasteiger partial charge in [-0.25, -0.2) is 0 Å². The van der Waals surface area contributed by atoms with E-state index in [9.17, 15) is 4.79 Å². The van der Waals surface area contributed by atoms with E-state index in [0.29, 0.717) is 10.8 Å². The highest BCUT2D eigenvalue weighted by atomic mass is 16.1. The number of nitrogens with one attached hydrogen (secondary N) is 1. The fourth-order valence-corrected chi connectivity index (χ4v) is 8.13. The predicted octanol–water partition coefficient (Wildman–Crippen LogP) is 6.73. The number of carbonyl (C=O) groups is 1. The molecule has 0 radical (unpaired) electrons. The van der Waals surface area contributed by atoms with E-state index in [2.05, 4.69) is 25.4 Å². The van der Waals surface area contributed by atoms with Crippen LogP contribution in [-0.4, -0.2) is 5.91 Å². The Balaban J connectivity index is 1.32. The molecule has 4 aliphatic rings. The minimum absolute atomic E-state index is 0.0197. The maximum atomic E-state index is 12.5. The highest BCUT2D eigenvalue weighted by Crippen LogP contribution is 2.66. The highest BCUT2D eigenvalue weighted by Gasteiger charge is 2.57. The zero-order valence-electron chi connectivity index (χ0n) is 18.3. The van der Waals surface area contributed by atoms with Gasteiger partial charge in [0.05, 0.1) is 0 Å². The zero-order chi connectivity index (χ0) is 20.1. The van der Waals surface area contributed by atoms with E-state index >= 15 is 0 Å². The zero-order valence-corrected chi connectivity index (χ0v) is 18.3. The second-order valence-electron chi connectivity index (χ2n) is 11.1. The van der Waals surface area contributed by atoms with Gasteiger partial charge in [0.25, 0.3) is 5.91 Å². The standard InChI is InChI=1S/C27H37NO/c1-26-15-13-23-22(12-11-21-10-6-7-14-27(21,23)2)24(26)16-19(17-26)18-28-25(29)20-8-4-3-5-9-20/h3-5,8-9,18,21-24H,6-7,10-17H2,1-2H3,(H,28,29)/b19-18-/t21-,22-,23+,24+,26-,27+/m1/s1. The molecule has 6 atom stereocenters. The Labute approximate surface area is 176 Å². The third-order valence-electron chi connectivity index (χ3n) is 9.66. The quantitative estimate of drug-likeness (QED) is 0.595. The maximum absolute atomic E-state index is 12.5. The van der Waals surface area contributed by atoms with Crippen molar-refractivity contribution in [1.29, 1.82) is 0 Å². The summed E-state index contributed by atoms with van der Waals surface area (Å²) in [6.07, 6.45) is 16.0. The van der Waals surface area contributed by atoms with Crippen LogP contribution in [0.25, 0.3) is 0 Å². The molecule has 0 heterocycles. The minimum Gasteiger partial charge on any atom is -0.329 e. The van der Waals surface area contributed by atoms with Gasteiger partial charge in [-0.05, 0) is 98.0 Å². The van der Waals surface area contributed by atoms with E-state index in [1.54, 1.807) is 0 Å². The van der Waals surface area contributed by atoms with E-state index in [1.165, 1.54) is 69.8 Å². The smallest absolute Gasteiger partial charge is 0.255 e. The normalized spacial score (nSPS) is 42.6. The van der Waals surface area contributed by atoms with Crippen LogP contribution in [0.4, 0.5) is 0 Å². The molecule has 1 aromatic carbocycles. The summed E-state index contributed by atoms with van der Waals surface area (Å²) in [5, 5.41) is 3.09. The highest BCUT2D eigenvalue weighted by molar-refractivity contribution is 5.94. The van der Waals surface area contributed by atoms with Gasteiger partial charge in [-0.1, -0.05) is 50.5 Å². The molecular formula is C27H37NO. The van der Waals surface area contributed by atoms with Crippen LogP contribution >= 0.6 is 0 Å². The SMILES string of the molecule is C[C@]12CC[C@H]3[C@@H](CC[C@H]4CCCC[C@@]43C)[C@@H]1C/C(=C/NC(=O)c1ccccc1)C2. The molecule has 0 bridgehead atoms. The maximum Gasteiger partial charge on any atom is 0.255 e. The first-order valence-corrected chi connectivity index (χ1v) is 12.0. The van der Waals surface area contributed by atoms with Crippen molar-refractivity contribution in [2.45, 2.75) is 78.1 Å². The first kappa shape index (κ1) is 19.4. The molecule has 0 saturated heterocycles. The van der Waals surface area contributed by atoms with Gasteiger partial charge in [0, 0.05) is 11.8 Å². The predicted molar refractivity (Wildman–Crippen MR) is 118 cm³/mol. The lowest BCUT2D eigenvalue weighted by molar-refractivity contribution is -0.103. The van der Waals surface area contributed by atoms with Crippen molar-refractivity contribution in [3.05, 3.63) is 47.7 Å². The fourth-order valence-electron chi connectivity index (χ4n) is 8.13. The molecule has 156 valence electrons. The van der Waals surface area contributed by atoms with E-state index in [0.717, 1.165) is 29.2 Å². The Morgan fingerprint density at radius 1 is 1.00 bits per heavy atom. The molecule has 4 fully saturated rings. The number of amides is 1. The number of rotatable bonds is 2. The topological polar surface area (TPSA) is 29.1 Å². The summed E-state index contributed by atoms with van der Waals surface area (Å²) < 4.78 is 0. The molecule has 4 saturated carbocycles.